The standard InChI is InChI=1S/C13H14ClN5/c1-10-3-4-11-13(16-10)19(12(9-14)17-11)8-7-18-6-2-5-15-18/h2-6H,7-9H2,1H3. The van der Waals surface area contributed by atoms with E-state index in [4.69, 9.17) is 11.6 Å². The Bertz CT molecular complexity index is 686. The van der Waals surface area contributed by atoms with E-state index in [-0.39, 0.29) is 0 Å². The van der Waals surface area contributed by atoms with E-state index in [0.717, 1.165) is 35.8 Å². The van der Waals surface area contributed by atoms with Crippen LogP contribution in [-0.4, -0.2) is 24.3 Å². The predicted octanol–water partition coefficient (Wildman–Crippen LogP) is 2.38. The molecule has 0 aliphatic heterocycles. The van der Waals surface area contributed by atoms with E-state index in [9.17, 15) is 0 Å². The van der Waals surface area contributed by atoms with Gasteiger partial charge in [-0.3, -0.25) is 4.68 Å². The zero-order valence-corrected chi connectivity index (χ0v) is 11.4. The zero-order chi connectivity index (χ0) is 13.2. The lowest BCUT2D eigenvalue weighted by molar-refractivity contribution is 0.531. The second kappa shape index (κ2) is 5.01. The SMILES string of the molecule is Cc1ccc2nc(CCl)n(CCn3cccn3)c2n1. The van der Waals surface area contributed by atoms with Crippen LogP contribution < -0.4 is 0 Å². The highest BCUT2D eigenvalue weighted by atomic mass is 35.5. The minimum absolute atomic E-state index is 0.383. The van der Waals surface area contributed by atoms with Gasteiger partial charge in [-0.25, -0.2) is 9.97 Å². The van der Waals surface area contributed by atoms with Crippen molar-refractivity contribution in [2.45, 2.75) is 25.9 Å². The third-order valence-electron chi connectivity index (χ3n) is 3.04. The molecule has 0 aliphatic rings. The van der Waals surface area contributed by atoms with Crippen molar-refractivity contribution in [1.82, 2.24) is 24.3 Å². The summed E-state index contributed by atoms with van der Waals surface area (Å²) in [5, 5.41) is 4.20. The van der Waals surface area contributed by atoms with Crippen LogP contribution in [0.3, 0.4) is 0 Å². The second-order valence-corrected chi connectivity index (χ2v) is 4.65. The lowest BCUT2D eigenvalue weighted by Crippen LogP contribution is -2.10. The number of imidazole rings is 1. The van der Waals surface area contributed by atoms with Crippen molar-refractivity contribution in [1.29, 1.82) is 0 Å². The summed E-state index contributed by atoms with van der Waals surface area (Å²) in [6, 6.07) is 5.86. The number of fused-ring (bicyclic) bond motifs is 1. The number of aryl methyl sites for hydroxylation is 3. The number of rotatable bonds is 4. The van der Waals surface area contributed by atoms with Crippen LogP contribution in [0.4, 0.5) is 0 Å². The van der Waals surface area contributed by atoms with Gasteiger partial charge in [-0.1, -0.05) is 0 Å². The van der Waals surface area contributed by atoms with Crippen molar-refractivity contribution in [2.75, 3.05) is 0 Å². The molecule has 0 aromatic carbocycles. The Kier molecular flexibility index (Phi) is 3.21. The van der Waals surface area contributed by atoms with Crippen LogP contribution in [0.5, 0.6) is 0 Å². The molecule has 0 fully saturated rings. The first-order chi connectivity index (χ1) is 9.28. The maximum Gasteiger partial charge on any atom is 0.160 e. The molecule has 0 radical (unpaired) electrons. The van der Waals surface area contributed by atoms with Gasteiger partial charge in [0.25, 0.3) is 0 Å². The second-order valence-electron chi connectivity index (χ2n) is 4.38. The van der Waals surface area contributed by atoms with E-state index in [1.54, 1.807) is 6.20 Å². The van der Waals surface area contributed by atoms with E-state index in [1.165, 1.54) is 0 Å². The van der Waals surface area contributed by atoms with Gasteiger partial charge in [0.2, 0.25) is 0 Å². The first-order valence-corrected chi connectivity index (χ1v) is 6.67. The monoisotopic (exact) mass is 275 g/mol. The largest absolute Gasteiger partial charge is 0.310 e. The van der Waals surface area contributed by atoms with Crippen molar-refractivity contribution in [2.24, 2.45) is 0 Å². The number of halogens is 1. The van der Waals surface area contributed by atoms with E-state index in [2.05, 4.69) is 19.6 Å². The molecule has 0 amide bonds. The lowest BCUT2D eigenvalue weighted by atomic mass is 10.3. The van der Waals surface area contributed by atoms with Crippen LogP contribution in [0.1, 0.15) is 11.5 Å². The summed E-state index contributed by atoms with van der Waals surface area (Å²) in [6.45, 7) is 3.51. The van der Waals surface area contributed by atoms with Crippen LogP contribution in [-0.2, 0) is 19.0 Å². The van der Waals surface area contributed by atoms with E-state index in [1.807, 2.05) is 36.0 Å². The molecule has 3 rings (SSSR count). The van der Waals surface area contributed by atoms with Gasteiger partial charge in [0, 0.05) is 24.6 Å². The number of hydrogen-bond acceptors (Lipinski definition) is 3. The highest BCUT2D eigenvalue weighted by Crippen LogP contribution is 2.16. The maximum absolute atomic E-state index is 5.97. The Morgan fingerprint density at radius 1 is 1.21 bits per heavy atom. The Morgan fingerprint density at radius 3 is 2.84 bits per heavy atom. The average molecular weight is 276 g/mol. The summed E-state index contributed by atoms with van der Waals surface area (Å²) in [5.41, 5.74) is 2.76. The van der Waals surface area contributed by atoms with Crippen LogP contribution in [0.15, 0.2) is 30.6 Å². The van der Waals surface area contributed by atoms with Gasteiger partial charge >= 0.3 is 0 Å². The molecule has 0 spiro atoms. The number of nitrogens with zero attached hydrogens (tertiary/aromatic N) is 5. The minimum Gasteiger partial charge on any atom is -0.310 e. The first-order valence-electron chi connectivity index (χ1n) is 6.14. The topological polar surface area (TPSA) is 48.5 Å². The number of aromatic nitrogens is 5. The summed E-state index contributed by atoms with van der Waals surface area (Å²) in [7, 11) is 0. The van der Waals surface area contributed by atoms with Gasteiger partial charge in [0.15, 0.2) is 5.65 Å². The van der Waals surface area contributed by atoms with Gasteiger partial charge in [-0.15, -0.1) is 11.6 Å². The summed E-state index contributed by atoms with van der Waals surface area (Å²) in [6.07, 6.45) is 3.72. The van der Waals surface area contributed by atoms with Gasteiger partial charge in [-0.05, 0) is 25.1 Å². The summed E-state index contributed by atoms with van der Waals surface area (Å²) in [4.78, 5) is 9.07. The molecule has 0 N–H and O–H groups in total. The highest BCUT2D eigenvalue weighted by molar-refractivity contribution is 6.16. The quantitative estimate of drug-likeness (QED) is 0.687. The van der Waals surface area contributed by atoms with Gasteiger partial charge in [0.05, 0.1) is 12.4 Å². The van der Waals surface area contributed by atoms with Gasteiger partial charge in [0.1, 0.15) is 11.3 Å². The molecule has 3 aromatic heterocycles. The highest BCUT2D eigenvalue weighted by Gasteiger charge is 2.11. The van der Waals surface area contributed by atoms with Crippen LogP contribution >= 0.6 is 11.6 Å². The Hall–Kier alpha value is -1.88. The molecule has 3 aromatic rings. The van der Waals surface area contributed by atoms with Gasteiger partial charge in [-0.2, -0.15) is 5.10 Å². The Morgan fingerprint density at radius 2 is 2.11 bits per heavy atom. The number of pyridine rings is 1. The molecule has 6 heteroatoms. The third kappa shape index (κ3) is 2.33. The fraction of sp³-hybridized carbons (Fsp3) is 0.308. The molecule has 0 unspecified atom stereocenters. The fourth-order valence-electron chi connectivity index (χ4n) is 2.12. The normalized spacial score (nSPS) is 11.3. The first kappa shape index (κ1) is 12.2. The predicted molar refractivity (Wildman–Crippen MR) is 74.0 cm³/mol. The fourth-order valence-corrected chi connectivity index (χ4v) is 2.32. The van der Waals surface area contributed by atoms with Crippen molar-refractivity contribution in [3.8, 4) is 0 Å². The molecule has 0 bridgehead atoms. The molecule has 0 aliphatic carbocycles. The minimum atomic E-state index is 0.383. The number of alkyl halides is 1. The van der Waals surface area contributed by atoms with Crippen molar-refractivity contribution >= 4 is 22.8 Å². The van der Waals surface area contributed by atoms with E-state index in [0.29, 0.717) is 5.88 Å². The molecule has 98 valence electrons. The van der Waals surface area contributed by atoms with Crippen LogP contribution in [0, 0.1) is 6.92 Å². The van der Waals surface area contributed by atoms with E-state index >= 15 is 0 Å². The van der Waals surface area contributed by atoms with Crippen LogP contribution in [0.2, 0.25) is 0 Å². The zero-order valence-electron chi connectivity index (χ0n) is 10.6. The molecule has 19 heavy (non-hydrogen) atoms. The van der Waals surface area contributed by atoms with Crippen molar-refractivity contribution < 1.29 is 0 Å². The number of hydrogen-bond donors (Lipinski definition) is 0. The molecule has 0 atom stereocenters. The average Bonchev–Trinajstić information content (AvgIpc) is 3.03. The summed E-state index contributed by atoms with van der Waals surface area (Å²) < 4.78 is 3.96. The third-order valence-corrected chi connectivity index (χ3v) is 3.28. The summed E-state index contributed by atoms with van der Waals surface area (Å²) >= 11 is 5.97. The molecule has 5 nitrogen and oxygen atoms in total. The Balaban J connectivity index is 1.97. The molecule has 0 saturated heterocycles. The van der Waals surface area contributed by atoms with Gasteiger partial charge < -0.3 is 4.57 Å². The van der Waals surface area contributed by atoms with Crippen LogP contribution in [0.25, 0.3) is 11.2 Å². The molecule has 0 saturated carbocycles. The lowest BCUT2D eigenvalue weighted by Gasteiger charge is -2.07. The smallest absolute Gasteiger partial charge is 0.160 e. The molecule has 3 heterocycles. The molecular weight excluding hydrogens is 262 g/mol. The van der Waals surface area contributed by atoms with Crippen molar-refractivity contribution in [3.05, 3.63) is 42.1 Å². The Labute approximate surface area is 115 Å². The van der Waals surface area contributed by atoms with E-state index < -0.39 is 0 Å². The maximum atomic E-state index is 5.97. The van der Waals surface area contributed by atoms with Crippen molar-refractivity contribution in [3.63, 3.8) is 0 Å². The summed E-state index contributed by atoms with van der Waals surface area (Å²) in [5.74, 6) is 1.23. The molecular formula is C13H14ClN5.